The van der Waals surface area contributed by atoms with Crippen molar-refractivity contribution in [2.45, 2.75) is 45.1 Å². The van der Waals surface area contributed by atoms with Crippen LogP contribution in [0.5, 0.6) is 0 Å². The number of rotatable bonds is 6. The van der Waals surface area contributed by atoms with Crippen LogP contribution in [0.25, 0.3) is 0 Å². The van der Waals surface area contributed by atoms with Crippen molar-refractivity contribution in [1.29, 1.82) is 0 Å². The molecule has 186 valence electrons. The average molecular weight is 478 g/mol. The van der Waals surface area contributed by atoms with Crippen LogP contribution in [0, 0.1) is 0 Å². The van der Waals surface area contributed by atoms with E-state index in [9.17, 15) is 14.4 Å². The highest BCUT2D eigenvalue weighted by atomic mass is 16.2. The topological polar surface area (TPSA) is 93.8 Å². The number of carbonyl (C=O) groups is 3. The summed E-state index contributed by atoms with van der Waals surface area (Å²) in [7, 11) is 2.13. The van der Waals surface area contributed by atoms with E-state index >= 15 is 0 Å². The zero-order valence-corrected chi connectivity index (χ0v) is 20.6. The average Bonchev–Trinajstić information content (AvgIpc) is 2.84. The number of anilines is 3. The molecule has 1 atom stereocenters. The summed E-state index contributed by atoms with van der Waals surface area (Å²) in [5, 5.41) is 8.15. The van der Waals surface area contributed by atoms with Crippen LogP contribution in [0.4, 0.5) is 17.1 Å². The van der Waals surface area contributed by atoms with E-state index in [4.69, 9.17) is 0 Å². The Labute approximate surface area is 207 Å². The molecule has 2 heterocycles. The summed E-state index contributed by atoms with van der Waals surface area (Å²) in [6.45, 7) is 4.82. The minimum Gasteiger partial charge on any atom is -0.374 e. The Hall–Kier alpha value is -3.39. The van der Waals surface area contributed by atoms with Crippen molar-refractivity contribution in [3.63, 3.8) is 0 Å². The molecule has 4 rings (SSSR count). The maximum absolute atomic E-state index is 12.7. The standard InChI is InChI=1S/C27H35N5O3/c1-19(33)29-22-9-6-10-23(17-22)30-27(35)26(34)28-18-25(32-14-4-3-5-15-32)21-11-12-24-20(16-21)8-7-13-31(24)2/h6,9-12,16-17,25H,3-5,7-8,13-15,18H2,1-2H3,(H,28,34)(H,29,33)(H,30,35). The number of hydrogen-bond acceptors (Lipinski definition) is 5. The smallest absolute Gasteiger partial charge is 0.313 e. The maximum Gasteiger partial charge on any atom is 0.313 e. The highest BCUT2D eigenvalue weighted by Gasteiger charge is 2.26. The van der Waals surface area contributed by atoms with Gasteiger partial charge in [0.25, 0.3) is 0 Å². The highest BCUT2D eigenvalue weighted by Crippen LogP contribution is 2.31. The van der Waals surface area contributed by atoms with Crippen LogP contribution < -0.4 is 20.9 Å². The molecule has 35 heavy (non-hydrogen) atoms. The lowest BCUT2D eigenvalue weighted by Crippen LogP contribution is -2.43. The number of hydrogen-bond donors (Lipinski definition) is 3. The molecule has 0 aliphatic carbocycles. The van der Waals surface area contributed by atoms with E-state index in [-0.39, 0.29) is 11.9 Å². The second kappa shape index (κ2) is 11.4. The molecule has 0 spiro atoms. The Morgan fingerprint density at radius 3 is 2.37 bits per heavy atom. The quantitative estimate of drug-likeness (QED) is 0.555. The zero-order chi connectivity index (χ0) is 24.8. The van der Waals surface area contributed by atoms with Gasteiger partial charge in [0.1, 0.15) is 0 Å². The van der Waals surface area contributed by atoms with Crippen molar-refractivity contribution in [2.24, 2.45) is 0 Å². The first kappa shape index (κ1) is 24.7. The second-order valence-corrected chi connectivity index (χ2v) is 9.45. The molecule has 2 aliphatic heterocycles. The van der Waals surface area contributed by atoms with Crippen LogP contribution in [-0.4, -0.2) is 55.8 Å². The van der Waals surface area contributed by atoms with Crippen LogP contribution in [0.2, 0.25) is 0 Å². The molecule has 8 nitrogen and oxygen atoms in total. The summed E-state index contributed by atoms with van der Waals surface area (Å²) in [6.07, 6.45) is 5.71. The van der Waals surface area contributed by atoms with Gasteiger partial charge in [-0.3, -0.25) is 19.3 Å². The predicted molar refractivity (Wildman–Crippen MR) is 139 cm³/mol. The van der Waals surface area contributed by atoms with Crippen LogP contribution in [0.1, 0.15) is 49.8 Å². The molecule has 2 aromatic carbocycles. The number of benzene rings is 2. The second-order valence-electron chi connectivity index (χ2n) is 9.45. The summed E-state index contributed by atoms with van der Waals surface area (Å²) >= 11 is 0. The molecule has 3 amide bonds. The lowest BCUT2D eigenvalue weighted by atomic mass is 9.95. The van der Waals surface area contributed by atoms with Crippen molar-refractivity contribution >= 4 is 34.8 Å². The highest BCUT2D eigenvalue weighted by molar-refractivity contribution is 6.39. The number of carbonyl (C=O) groups excluding carboxylic acids is 3. The van der Waals surface area contributed by atoms with Gasteiger partial charge in [-0.2, -0.15) is 0 Å². The summed E-state index contributed by atoms with van der Waals surface area (Å²) in [4.78, 5) is 41.3. The van der Waals surface area contributed by atoms with Crippen molar-refractivity contribution in [2.75, 3.05) is 48.8 Å². The van der Waals surface area contributed by atoms with Gasteiger partial charge in [-0.25, -0.2) is 0 Å². The molecule has 0 radical (unpaired) electrons. The van der Waals surface area contributed by atoms with E-state index in [0.29, 0.717) is 17.9 Å². The van der Waals surface area contributed by atoms with Gasteiger partial charge in [0.05, 0.1) is 6.04 Å². The molecule has 0 saturated carbocycles. The summed E-state index contributed by atoms with van der Waals surface area (Å²) in [6, 6.07) is 13.4. The number of fused-ring (bicyclic) bond motifs is 1. The fourth-order valence-electron chi connectivity index (χ4n) is 5.04. The first-order chi connectivity index (χ1) is 16.9. The Bertz CT molecular complexity index is 1080. The molecule has 0 bridgehead atoms. The van der Waals surface area contributed by atoms with E-state index in [2.05, 4.69) is 51.0 Å². The number of likely N-dealkylation sites (tertiary alicyclic amines) is 1. The summed E-state index contributed by atoms with van der Waals surface area (Å²) in [5.41, 5.74) is 4.81. The Kier molecular flexibility index (Phi) is 8.02. The van der Waals surface area contributed by atoms with Gasteiger partial charge >= 0.3 is 11.8 Å². The van der Waals surface area contributed by atoms with E-state index in [1.165, 1.54) is 30.2 Å². The largest absolute Gasteiger partial charge is 0.374 e. The minimum absolute atomic E-state index is 0.0210. The first-order valence-electron chi connectivity index (χ1n) is 12.5. The molecule has 1 fully saturated rings. The predicted octanol–water partition coefficient (Wildman–Crippen LogP) is 3.31. The summed E-state index contributed by atoms with van der Waals surface area (Å²) < 4.78 is 0. The van der Waals surface area contributed by atoms with Gasteiger partial charge in [-0.05, 0) is 74.2 Å². The van der Waals surface area contributed by atoms with E-state index < -0.39 is 11.8 Å². The van der Waals surface area contributed by atoms with E-state index in [0.717, 1.165) is 45.3 Å². The van der Waals surface area contributed by atoms with Gasteiger partial charge in [-0.15, -0.1) is 0 Å². The number of piperidine rings is 1. The SMILES string of the molecule is CC(=O)Nc1cccc(NC(=O)C(=O)NCC(c2ccc3c(c2)CCCN3C)N2CCCCC2)c1. The monoisotopic (exact) mass is 477 g/mol. The lowest BCUT2D eigenvalue weighted by Gasteiger charge is -2.36. The fourth-order valence-corrected chi connectivity index (χ4v) is 5.04. The number of nitrogens with one attached hydrogen (secondary N) is 3. The third kappa shape index (κ3) is 6.39. The van der Waals surface area contributed by atoms with Crippen LogP contribution in [0.15, 0.2) is 42.5 Å². The van der Waals surface area contributed by atoms with Gasteiger partial charge in [0, 0.05) is 44.1 Å². The molecule has 0 aromatic heterocycles. The third-order valence-electron chi connectivity index (χ3n) is 6.77. The van der Waals surface area contributed by atoms with Gasteiger partial charge < -0.3 is 20.9 Å². The maximum atomic E-state index is 12.7. The van der Waals surface area contributed by atoms with Crippen molar-refractivity contribution in [1.82, 2.24) is 10.2 Å². The Balaban J connectivity index is 1.43. The van der Waals surface area contributed by atoms with Gasteiger partial charge in [0.2, 0.25) is 5.91 Å². The van der Waals surface area contributed by atoms with Gasteiger partial charge in [-0.1, -0.05) is 24.6 Å². The van der Waals surface area contributed by atoms with Crippen LogP contribution in [-0.2, 0) is 20.8 Å². The molecular formula is C27H35N5O3. The molecule has 1 saturated heterocycles. The van der Waals surface area contributed by atoms with Gasteiger partial charge in [0.15, 0.2) is 0 Å². The van der Waals surface area contributed by atoms with Crippen molar-refractivity contribution in [3.8, 4) is 0 Å². The van der Waals surface area contributed by atoms with Crippen molar-refractivity contribution < 1.29 is 14.4 Å². The van der Waals surface area contributed by atoms with Crippen molar-refractivity contribution in [3.05, 3.63) is 53.6 Å². The minimum atomic E-state index is -0.727. The lowest BCUT2D eigenvalue weighted by molar-refractivity contribution is -0.136. The Morgan fingerprint density at radius 1 is 0.886 bits per heavy atom. The number of amides is 3. The fraction of sp³-hybridized carbons (Fsp3) is 0.444. The molecule has 8 heteroatoms. The zero-order valence-electron chi connectivity index (χ0n) is 20.6. The molecule has 3 N–H and O–H groups in total. The molecule has 1 unspecified atom stereocenters. The molecule has 2 aromatic rings. The Morgan fingerprint density at radius 2 is 1.63 bits per heavy atom. The van der Waals surface area contributed by atoms with Crippen LogP contribution >= 0.6 is 0 Å². The van der Waals surface area contributed by atoms with E-state index in [1.54, 1.807) is 24.3 Å². The first-order valence-corrected chi connectivity index (χ1v) is 12.5. The third-order valence-corrected chi connectivity index (χ3v) is 6.77. The normalized spacial score (nSPS) is 16.7. The molecular weight excluding hydrogens is 442 g/mol. The summed E-state index contributed by atoms with van der Waals surface area (Å²) in [5.74, 6) is -1.60. The number of aryl methyl sites for hydroxylation is 1. The number of nitrogens with zero attached hydrogens (tertiary/aromatic N) is 2. The van der Waals surface area contributed by atoms with E-state index in [1.807, 2.05) is 0 Å². The van der Waals surface area contributed by atoms with Crippen LogP contribution in [0.3, 0.4) is 0 Å². The molecule has 2 aliphatic rings.